The first kappa shape index (κ1) is 16.1. The Morgan fingerprint density at radius 1 is 1.57 bits per heavy atom. The second kappa shape index (κ2) is 7.11. The van der Waals surface area contributed by atoms with E-state index < -0.39 is 6.04 Å². The number of rotatable bonds is 5. The van der Waals surface area contributed by atoms with Crippen LogP contribution in [0.25, 0.3) is 0 Å². The lowest BCUT2D eigenvalue weighted by molar-refractivity contribution is -0.121. The summed E-state index contributed by atoms with van der Waals surface area (Å²) >= 11 is 6.35. The number of benzene rings is 1. The van der Waals surface area contributed by atoms with E-state index in [1.807, 2.05) is 23.1 Å². The van der Waals surface area contributed by atoms with Crippen LogP contribution in [0.2, 0.25) is 5.02 Å². The van der Waals surface area contributed by atoms with Crippen LogP contribution in [0.1, 0.15) is 19.4 Å². The van der Waals surface area contributed by atoms with Crippen molar-refractivity contribution in [1.29, 1.82) is 0 Å². The van der Waals surface area contributed by atoms with Gasteiger partial charge in [0.05, 0.1) is 13.2 Å². The molecule has 2 rings (SSSR count). The van der Waals surface area contributed by atoms with Gasteiger partial charge in [-0.2, -0.15) is 0 Å². The van der Waals surface area contributed by atoms with E-state index in [9.17, 15) is 4.79 Å². The first-order chi connectivity index (χ1) is 10.0. The van der Waals surface area contributed by atoms with E-state index in [4.69, 9.17) is 22.1 Å². The predicted molar refractivity (Wildman–Crippen MR) is 84.6 cm³/mol. The second-order valence-corrected chi connectivity index (χ2v) is 5.87. The SMILES string of the molecule is CC(C)NCc1c(Cl)cccc1N1CCOCC1C(N)=O. The van der Waals surface area contributed by atoms with Gasteiger partial charge in [0.1, 0.15) is 6.04 Å². The average molecular weight is 312 g/mol. The largest absolute Gasteiger partial charge is 0.377 e. The maximum absolute atomic E-state index is 11.7. The highest BCUT2D eigenvalue weighted by atomic mass is 35.5. The van der Waals surface area contributed by atoms with Gasteiger partial charge in [-0.15, -0.1) is 0 Å². The van der Waals surface area contributed by atoms with Gasteiger partial charge in [-0.1, -0.05) is 31.5 Å². The van der Waals surface area contributed by atoms with Gasteiger partial charge in [-0.25, -0.2) is 0 Å². The number of nitrogens with zero attached hydrogens (tertiary/aromatic N) is 1. The number of carbonyl (C=O) groups excluding carboxylic acids is 1. The maximum atomic E-state index is 11.7. The Bertz CT molecular complexity index is 508. The molecular weight excluding hydrogens is 290 g/mol. The summed E-state index contributed by atoms with van der Waals surface area (Å²) in [4.78, 5) is 13.6. The fourth-order valence-corrected chi connectivity index (χ4v) is 2.66. The topological polar surface area (TPSA) is 67.6 Å². The molecule has 0 bridgehead atoms. The van der Waals surface area contributed by atoms with Gasteiger partial charge >= 0.3 is 0 Å². The fourth-order valence-electron chi connectivity index (χ4n) is 2.43. The van der Waals surface area contributed by atoms with Crippen molar-refractivity contribution in [1.82, 2.24) is 5.32 Å². The molecule has 1 unspecified atom stereocenters. The van der Waals surface area contributed by atoms with E-state index >= 15 is 0 Å². The molecule has 5 nitrogen and oxygen atoms in total. The minimum Gasteiger partial charge on any atom is -0.377 e. The number of halogens is 1. The molecule has 6 heteroatoms. The minimum atomic E-state index is -0.449. The molecule has 1 aromatic rings. The first-order valence-corrected chi connectivity index (χ1v) is 7.53. The molecule has 116 valence electrons. The molecule has 3 N–H and O–H groups in total. The van der Waals surface area contributed by atoms with E-state index in [2.05, 4.69) is 19.2 Å². The number of nitrogens with two attached hydrogens (primary N) is 1. The van der Waals surface area contributed by atoms with Crippen LogP contribution in [-0.4, -0.2) is 37.7 Å². The summed E-state index contributed by atoms with van der Waals surface area (Å²) in [7, 11) is 0. The molecule has 0 spiro atoms. The molecule has 1 aliphatic heterocycles. The molecular formula is C15H22ClN3O2. The molecule has 21 heavy (non-hydrogen) atoms. The zero-order valence-corrected chi connectivity index (χ0v) is 13.2. The summed E-state index contributed by atoms with van der Waals surface area (Å²) in [6.07, 6.45) is 0. The van der Waals surface area contributed by atoms with Gasteiger partial charge < -0.3 is 20.7 Å². The van der Waals surface area contributed by atoms with Crippen molar-refractivity contribution in [3.63, 3.8) is 0 Å². The fraction of sp³-hybridized carbons (Fsp3) is 0.533. The van der Waals surface area contributed by atoms with Gasteiger partial charge in [-0.3, -0.25) is 4.79 Å². The zero-order valence-electron chi connectivity index (χ0n) is 12.4. The molecule has 1 heterocycles. The van der Waals surface area contributed by atoms with E-state index in [0.29, 0.717) is 37.4 Å². The molecule has 1 aromatic carbocycles. The number of amides is 1. The van der Waals surface area contributed by atoms with E-state index in [-0.39, 0.29) is 5.91 Å². The number of hydrogen-bond acceptors (Lipinski definition) is 4. The third-order valence-corrected chi connectivity index (χ3v) is 3.90. The van der Waals surface area contributed by atoms with Crippen LogP contribution in [0.5, 0.6) is 0 Å². The monoisotopic (exact) mass is 311 g/mol. The Morgan fingerprint density at radius 3 is 3.00 bits per heavy atom. The molecule has 0 radical (unpaired) electrons. The molecule has 0 aliphatic carbocycles. The summed E-state index contributed by atoms with van der Waals surface area (Å²) in [6.45, 7) is 6.33. The highest BCUT2D eigenvalue weighted by Gasteiger charge is 2.29. The molecule has 1 fully saturated rings. The molecule has 0 saturated carbocycles. The Balaban J connectivity index is 2.32. The van der Waals surface area contributed by atoms with Crippen LogP contribution in [0.3, 0.4) is 0 Å². The van der Waals surface area contributed by atoms with Gasteiger partial charge in [-0.05, 0) is 12.1 Å². The van der Waals surface area contributed by atoms with Crippen molar-refractivity contribution in [2.24, 2.45) is 5.73 Å². The summed E-state index contributed by atoms with van der Waals surface area (Å²) in [6, 6.07) is 5.64. The van der Waals surface area contributed by atoms with Crippen molar-refractivity contribution >= 4 is 23.2 Å². The summed E-state index contributed by atoms with van der Waals surface area (Å²) < 4.78 is 5.37. The molecule has 0 aromatic heterocycles. The van der Waals surface area contributed by atoms with Crippen molar-refractivity contribution in [2.45, 2.75) is 32.5 Å². The summed E-state index contributed by atoms with van der Waals surface area (Å²) in [5.41, 5.74) is 7.43. The third kappa shape index (κ3) is 3.87. The number of nitrogens with one attached hydrogen (secondary N) is 1. The lowest BCUT2D eigenvalue weighted by Gasteiger charge is -2.37. The first-order valence-electron chi connectivity index (χ1n) is 7.15. The van der Waals surface area contributed by atoms with Crippen LogP contribution < -0.4 is 16.0 Å². The van der Waals surface area contributed by atoms with Gasteiger partial charge in [0.2, 0.25) is 5.91 Å². The van der Waals surface area contributed by atoms with Crippen LogP contribution in [0, 0.1) is 0 Å². The normalized spacial score (nSPS) is 19.0. The number of anilines is 1. The molecule has 1 saturated heterocycles. The van der Waals surface area contributed by atoms with Crippen molar-refractivity contribution in [3.8, 4) is 0 Å². The lowest BCUT2D eigenvalue weighted by atomic mass is 10.1. The smallest absolute Gasteiger partial charge is 0.242 e. The van der Waals surface area contributed by atoms with Crippen LogP contribution in [0.15, 0.2) is 18.2 Å². The maximum Gasteiger partial charge on any atom is 0.242 e. The zero-order chi connectivity index (χ0) is 15.4. The standard InChI is InChI=1S/C15H22ClN3O2/c1-10(2)18-8-11-12(16)4-3-5-13(11)19-6-7-21-9-14(19)15(17)20/h3-5,10,14,18H,6-9H2,1-2H3,(H2,17,20). The number of ether oxygens (including phenoxy) is 1. The van der Waals surface area contributed by atoms with Gasteiger partial charge in [0.25, 0.3) is 0 Å². The Morgan fingerprint density at radius 2 is 2.33 bits per heavy atom. The van der Waals surface area contributed by atoms with E-state index in [1.165, 1.54) is 0 Å². The third-order valence-electron chi connectivity index (χ3n) is 3.55. The number of primary amides is 1. The number of hydrogen-bond donors (Lipinski definition) is 2. The van der Waals surface area contributed by atoms with Crippen molar-refractivity contribution < 1.29 is 9.53 Å². The Labute approximate surface area is 130 Å². The average Bonchev–Trinajstić information content (AvgIpc) is 2.45. The van der Waals surface area contributed by atoms with Crippen LogP contribution >= 0.6 is 11.6 Å². The predicted octanol–water partition coefficient (Wildman–Crippen LogP) is 1.53. The van der Waals surface area contributed by atoms with E-state index in [0.717, 1.165) is 11.3 Å². The highest BCUT2D eigenvalue weighted by Crippen LogP contribution is 2.30. The minimum absolute atomic E-state index is 0.318. The molecule has 1 aliphatic rings. The Hall–Kier alpha value is -1.30. The quantitative estimate of drug-likeness (QED) is 0.865. The highest BCUT2D eigenvalue weighted by molar-refractivity contribution is 6.31. The number of carbonyl (C=O) groups is 1. The summed E-state index contributed by atoms with van der Waals surface area (Å²) in [5, 5.41) is 4.06. The lowest BCUT2D eigenvalue weighted by Crippen LogP contribution is -2.53. The Kier molecular flexibility index (Phi) is 5.45. The van der Waals surface area contributed by atoms with Crippen LogP contribution in [0.4, 0.5) is 5.69 Å². The van der Waals surface area contributed by atoms with E-state index in [1.54, 1.807) is 0 Å². The van der Waals surface area contributed by atoms with Gasteiger partial charge in [0, 0.05) is 35.4 Å². The number of morpholine rings is 1. The summed E-state index contributed by atoms with van der Waals surface area (Å²) in [5.74, 6) is -0.377. The van der Waals surface area contributed by atoms with Crippen molar-refractivity contribution in [3.05, 3.63) is 28.8 Å². The second-order valence-electron chi connectivity index (χ2n) is 5.46. The van der Waals surface area contributed by atoms with Crippen molar-refractivity contribution in [2.75, 3.05) is 24.7 Å². The van der Waals surface area contributed by atoms with Gasteiger partial charge in [0.15, 0.2) is 0 Å². The molecule has 1 atom stereocenters. The molecule has 1 amide bonds. The van der Waals surface area contributed by atoms with Crippen LogP contribution in [-0.2, 0) is 16.1 Å².